The number of thiazole rings is 1. The molecule has 0 aliphatic heterocycles. The Morgan fingerprint density at radius 2 is 2.00 bits per heavy atom. The van der Waals surface area contributed by atoms with Crippen LogP contribution in [0.3, 0.4) is 0 Å². The highest BCUT2D eigenvalue weighted by Crippen LogP contribution is 2.26. The van der Waals surface area contributed by atoms with Gasteiger partial charge >= 0.3 is 0 Å². The second-order valence-electron chi connectivity index (χ2n) is 5.95. The number of nitriles is 1. The molecule has 0 spiro atoms. The number of aromatic nitrogens is 1. The number of ether oxygens (including phenoxy) is 1. The maximum atomic E-state index is 12.4. The van der Waals surface area contributed by atoms with Crippen molar-refractivity contribution in [2.45, 2.75) is 26.4 Å². The lowest BCUT2D eigenvalue weighted by Crippen LogP contribution is -2.30. The van der Waals surface area contributed by atoms with Crippen LogP contribution in [0.25, 0.3) is 11.3 Å². The highest BCUT2D eigenvalue weighted by Gasteiger charge is 2.18. The molecule has 27 heavy (non-hydrogen) atoms. The van der Waals surface area contributed by atoms with Crippen molar-refractivity contribution >= 4 is 22.4 Å². The van der Waals surface area contributed by atoms with Crippen LogP contribution >= 0.6 is 11.3 Å². The van der Waals surface area contributed by atoms with Crippen LogP contribution in [0.1, 0.15) is 25.0 Å². The van der Waals surface area contributed by atoms with Gasteiger partial charge in [0, 0.05) is 10.9 Å². The number of nitrogens with zero attached hydrogens (tertiary/aromatic N) is 2. The fourth-order valence-corrected chi connectivity index (χ4v) is 3.21. The van der Waals surface area contributed by atoms with E-state index >= 15 is 0 Å². The Bertz CT molecular complexity index is 974. The molecule has 1 heterocycles. The number of nitrogens with one attached hydrogen (secondary N) is 1. The van der Waals surface area contributed by atoms with Crippen molar-refractivity contribution in [3.8, 4) is 23.1 Å². The molecule has 2 aromatic carbocycles. The van der Waals surface area contributed by atoms with Crippen molar-refractivity contribution in [2.75, 3.05) is 5.32 Å². The van der Waals surface area contributed by atoms with Crippen LogP contribution in [-0.4, -0.2) is 17.0 Å². The zero-order chi connectivity index (χ0) is 19.2. The fraction of sp³-hybridized carbons (Fsp3) is 0.190. The fourth-order valence-electron chi connectivity index (χ4n) is 2.49. The lowest BCUT2D eigenvalue weighted by atomic mass is 10.1. The lowest BCUT2D eigenvalue weighted by Gasteiger charge is -2.14. The minimum Gasteiger partial charge on any atom is -0.480 e. The zero-order valence-electron chi connectivity index (χ0n) is 15.1. The molecular weight excluding hydrogens is 358 g/mol. The van der Waals surface area contributed by atoms with Gasteiger partial charge in [-0.1, -0.05) is 43.3 Å². The summed E-state index contributed by atoms with van der Waals surface area (Å²) >= 11 is 1.36. The first-order valence-electron chi connectivity index (χ1n) is 8.62. The number of rotatable bonds is 6. The molecule has 1 N–H and O–H groups in total. The van der Waals surface area contributed by atoms with Crippen molar-refractivity contribution in [1.82, 2.24) is 4.98 Å². The van der Waals surface area contributed by atoms with Gasteiger partial charge in [0.2, 0.25) is 0 Å². The third-order valence-electron chi connectivity index (χ3n) is 4.07. The monoisotopic (exact) mass is 377 g/mol. The van der Waals surface area contributed by atoms with Crippen molar-refractivity contribution in [3.63, 3.8) is 0 Å². The van der Waals surface area contributed by atoms with E-state index < -0.39 is 6.10 Å². The summed E-state index contributed by atoms with van der Waals surface area (Å²) in [6.07, 6.45) is 0.238. The zero-order valence-corrected chi connectivity index (χ0v) is 15.9. The minimum absolute atomic E-state index is 0.315. The molecule has 5 nitrogen and oxygen atoms in total. The summed E-state index contributed by atoms with van der Waals surface area (Å²) in [4.78, 5) is 16.9. The van der Waals surface area contributed by atoms with Crippen LogP contribution in [0.4, 0.5) is 5.13 Å². The molecule has 136 valence electrons. The van der Waals surface area contributed by atoms with Gasteiger partial charge in [-0.15, -0.1) is 11.3 Å². The highest BCUT2D eigenvalue weighted by atomic mass is 32.1. The third kappa shape index (κ3) is 4.52. The van der Waals surface area contributed by atoms with Crippen molar-refractivity contribution in [1.29, 1.82) is 5.26 Å². The summed E-state index contributed by atoms with van der Waals surface area (Å²) < 4.78 is 5.63. The van der Waals surface area contributed by atoms with Crippen LogP contribution in [0, 0.1) is 11.3 Å². The van der Waals surface area contributed by atoms with Gasteiger partial charge in [0.25, 0.3) is 5.91 Å². The van der Waals surface area contributed by atoms with Crippen LogP contribution in [0.5, 0.6) is 5.75 Å². The maximum Gasteiger partial charge on any atom is 0.266 e. The lowest BCUT2D eigenvalue weighted by molar-refractivity contribution is -0.122. The van der Waals surface area contributed by atoms with E-state index in [1.807, 2.05) is 17.5 Å². The van der Waals surface area contributed by atoms with Gasteiger partial charge in [-0.05, 0) is 31.0 Å². The summed E-state index contributed by atoms with van der Waals surface area (Å²) in [5, 5.41) is 14.3. The van der Waals surface area contributed by atoms with Gasteiger partial charge in [0.15, 0.2) is 11.2 Å². The Morgan fingerprint density at radius 3 is 2.70 bits per heavy atom. The molecule has 0 fully saturated rings. The van der Waals surface area contributed by atoms with E-state index in [0.717, 1.165) is 17.7 Å². The molecule has 0 aliphatic carbocycles. The standard InChI is InChI=1S/C21H19N3O2S/c1-3-15-8-10-16(11-9-15)18-13-27-21(23-18)24-20(25)14(2)26-19-7-5-4-6-17(19)12-22/h4-11,13-14H,3H2,1-2H3,(H,23,24,25)/t14-/m1/s1. The molecule has 0 saturated heterocycles. The molecule has 1 atom stereocenters. The number of hydrogen-bond donors (Lipinski definition) is 1. The summed E-state index contributed by atoms with van der Waals surface area (Å²) in [6, 6.07) is 17.1. The molecule has 0 bridgehead atoms. The van der Waals surface area contributed by atoms with Gasteiger partial charge in [-0.25, -0.2) is 4.98 Å². The van der Waals surface area contributed by atoms with Crippen molar-refractivity contribution in [2.24, 2.45) is 0 Å². The predicted molar refractivity (Wildman–Crippen MR) is 107 cm³/mol. The van der Waals surface area contributed by atoms with E-state index in [1.165, 1.54) is 16.9 Å². The molecule has 1 amide bonds. The smallest absolute Gasteiger partial charge is 0.266 e. The van der Waals surface area contributed by atoms with Crippen LogP contribution in [0.2, 0.25) is 0 Å². The molecule has 6 heteroatoms. The van der Waals surface area contributed by atoms with Gasteiger partial charge in [0.05, 0.1) is 11.3 Å². The van der Waals surface area contributed by atoms with E-state index in [0.29, 0.717) is 16.4 Å². The second-order valence-corrected chi connectivity index (χ2v) is 6.80. The van der Waals surface area contributed by atoms with E-state index in [1.54, 1.807) is 31.2 Å². The molecule has 3 aromatic rings. The van der Waals surface area contributed by atoms with Crippen LogP contribution in [0.15, 0.2) is 53.9 Å². The van der Waals surface area contributed by atoms with Crippen LogP contribution < -0.4 is 10.1 Å². The summed E-state index contributed by atoms with van der Waals surface area (Å²) in [5.41, 5.74) is 3.49. The van der Waals surface area contributed by atoms with Gasteiger partial charge in [0.1, 0.15) is 11.8 Å². The van der Waals surface area contributed by atoms with E-state index in [2.05, 4.69) is 35.4 Å². The molecule has 0 radical (unpaired) electrons. The number of hydrogen-bond acceptors (Lipinski definition) is 5. The average molecular weight is 377 g/mol. The van der Waals surface area contributed by atoms with Gasteiger partial charge in [-0.2, -0.15) is 5.26 Å². The quantitative estimate of drug-likeness (QED) is 0.678. The van der Waals surface area contributed by atoms with Crippen molar-refractivity contribution < 1.29 is 9.53 Å². The SMILES string of the molecule is CCc1ccc(-c2csc(NC(=O)[C@@H](C)Oc3ccccc3C#N)n2)cc1. The van der Waals surface area contributed by atoms with Gasteiger partial charge in [-0.3, -0.25) is 10.1 Å². The largest absolute Gasteiger partial charge is 0.480 e. The van der Waals surface area contributed by atoms with Crippen molar-refractivity contribution in [3.05, 3.63) is 65.0 Å². The van der Waals surface area contributed by atoms with Crippen LogP contribution in [-0.2, 0) is 11.2 Å². The minimum atomic E-state index is -0.754. The Kier molecular flexibility index (Phi) is 5.84. The Hall–Kier alpha value is -3.17. The maximum absolute atomic E-state index is 12.4. The molecular formula is C21H19N3O2S. The summed E-state index contributed by atoms with van der Waals surface area (Å²) in [7, 11) is 0. The number of carbonyl (C=O) groups excluding carboxylic acids is 1. The van der Waals surface area contributed by atoms with Gasteiger partial charge < -0.3 is 4.74 Å². The Morgan fingerprint density at radius 1 is 1.26 bits per heavy atom. The molecule has 0 aliphatic rings. The average Bonchev–Trinajstić information content (AvgIpc) is 3.16. The Labute approximate surface area is 162 Å². The first-order chi connectivity index (χ1) is 13.1. The number of benzene rings is 2. The summed E-state index contributed by atoms with van der Waals surface area (Å²) in [5.74, 6) is 0.0727. The molecule has 1 aromatic heterocycles. The number of anilines is 1. The number of amides is 1. The number of carbonyl (C=O) groups is 1. The first-order valence-corrected chi connectivity index (χ1v) is 9.50. The predicted octanol–water partition coefficient (Wildman–Crippen LogP) is 4.65. The van der Waals surface area contributed by atoms with E-state index in [4.69, 9.17) is 10.00 Å². The summed E-state index contributed by atoms with van der Waals surface area (Å²) in [6.45, 7) is 3.76. The normalized spacial score (nSPS) is 11.4. The molecule has 0 saturated carbocycles. The third-order valence-corrected chi connectivity index (χ3v) is 4.83. The Balaban J connectivity index is 1.65. The molecule has 3 rings (SSSR count). The number of para-hydroxylation sites is 1. The number of aryl methyl sites for hydroxylation is 1. The van der Waals surface area contributed by atoms with E-state index in [-0.39, 0.29) is 5.91 Å². The first kappa shape index (κ1) is 18.6. The highest BCUT2D eigenvalue weighted by molar-refractivity contribution is 7.14. The van der Waals surface area contributed by atoms with E-state index in [9.17, 15) is 4.79 Å². The topological polar surface area (TPSA) is 75.0 Å². The molecule has 0 unspecified atom stereocenters. The second kappa shape index (κ2) is 8.47.